The number of hydrogen-bond donors (Lipinski definition) is 1. The summed E-state index contributed by atoms with van der Waals surface area (Å²) in [7, 11) is 0. The van der Waals surface area contributed by atoms with E-state index in [-0.39, 0.29) is 24.6 Å². The summed E-state index contributed by atoms with van der Waals surface area (Å²) in [6, 6.07) is 9.95. The number of benzene rings is 1. The van der Waals surface area contributed by atoms with E-state index in [4.69, 9.17) is 9.47 Å². The second kappa shape index (κ2) is 9.48. The standard InChI is InChI=1S/C19H26O4/c1-2-3-11-22-19(21)14-18-13-16(20)12-17(23-18)10-9-15-7-5-4-6-8-15/h4-10,16-18,20H,2-3,11-14H2,1H3/b10-9+/t16-,17+,18+/m0/s1. The van der Waals surface area contributed by atoms with Crippen molar-refractivity contribution in [2.75, 3.05) is 6.61 Å². The molecule has 3 atom stereocenters. The highest BCUT2D eigenvalue weighted by molar-refractivity contribution is 5.70. The zero-order valence-electron chi connectivity index (χ0n) is 13.7. The first-order valence-electron chi connectivity index (χ1n) is 8.39. The van der Waals surface area contributed by atoms with Gasteiger partial charge < -0.3 is 14.6 Å². The highest BCUT2D eigenvalue weighted by Gasteiger charge is 2.28. The number of hydrogen-bond acceptors (Lipinski definition) is 4. The van der Waals surface area contributed by atoms with Crippen LogP contribution in [0.2, 0.25) is 0 Å². The molecule has 0 unspecified atom stereocenters. The Kier molecular flexibility index (Phi) is 7.30. The van der Waals surface area contributed by atoms with E-state index < -0.39 is 6.10 Å². The summed E-state index contributed by atoms with van der Waals surface area (Å²) >= 11 is 0. The van der Waals surface area contributed by atoms with Gasteiger partial charge in [-0.1, -0.05) is 55.8 Å². The maximum atomic E-state index is 11.8. The Morgan fingerprint density at radius 1 is 1.35 bits per heavy atom. The third kappa shape index (κ3) is 6.55. The Bertz CT molecular complexity index is 497. The molecule has 1 N–H and O–H groups in total. The van der Waals surface area contributed by atoms with E-state index in [0.29, 0.717) is 19.4 Å². The van der Waals surface area contributed by atoms with Crippen LogP contribution in [0.25, 0.3) is 6.08 Å². The summed E-state index contributed by atoms with van der Waals surface area (Å²) in [6.07, 6.45) is 6.17. The highest BCUT2D eigenvalue weighted by Crippen LogP contribution is 2.23. The number of ether oxygens (including phenoxy) is 2. The minimum atomic E-state index is -0.442. The molecule has 0 aliphatic carbocycles. The molecule has 0 amide bonds. The van der Waals surface area contributed by atoms with Crippen LogP contribution in [0.1, 0.15) is 44.6 Å². The molecule has 1 saturated heterocycles. The summed E-state index contributed by atoms with van der Waals surface area (Å²) in [6.45, 7) is 2.51. The van der Waals surface area contributed by atoms with Gasteiger partial charge in [-0.15, -0.1) is 0 Å². The molecule has 0 spiro atoms. The summed E-state index contributed by atoms with van der Waals surface area (Å²) in [4.78, 5) is 11.8. The van der Waals surface area contributed by atoms with E-state index in [9.17, 15) is 9.90 Å². The number of aliphatic hydroxyl groups is 1. The molecule has 2 rings (SSSR count). The second-order valence-corrected chi connectivity index (χ2v) is 5.97. The predicted molar refractivity (Wildman–Crippen MR) is 89.9 cm³/mol. The monoisotopic (exact) mass is 318 g/mol. The molecule has 4 heteroatoms. The fraction of sp³-hybridized carbons (Fsp3) is 0.526. The molecule has 0 saturated carbocycles. The van der Waals surface area contributed by atoms with E-state index in [1.165, 1.54) is 0 Å². The molecule has 1 heterocycles. The predicted octanol–water partition coefficient (Wildman–Crippen LogP) is 3.34. The van der Waals surface area contributed by atoms with Gasteiger partial charge in [-0.05, 0) is 12.0 Å². The van der Waals surface area contributed by atoms with E-state index >= 15 is 0 Å². The zero-order valence-corrected chi connectivity index (χ0v) is 13.7. The molecular weight excluding hydrogens is 292 g/mol. The molecule has 126 valence electrons. The van der Waals surface area contributed by atoms with Crippen LogP contribution >= 0.6 is 0 Å². The van der Waals surface area contributed by atoms with Gasteiger partial charge in [0.05, 0.1) is 31.3 Å². The van der Waals surface area contributed by atoms with Crippen LogP contribution in [0.5, 0.6) is 0 Å². The van der Waals surface area contributed by atoms with E-state index in [0.717, 1.165) is 18.4 Å². The topological polar surface area (TPSA) is 55.8 Å². The third-order valence-electron chi connectivity index (χ3n) is 3.86. The Hall–Kier alpha value is -1.65. The fourth-order valence-corrected chi connectivity index (χ4v) is 2.64. The van der Waals surface area contributed by atoms with E-state index in [1.807, 2.05) is 42.5 Å². The number of aliphatic hydroxyl groups excluding tert-OH is 1. The minimum absolute atomic E-state index is 0.174. The van der Waals surface area contributed by atoms with Crippen molar-refractivity contribution >= 4 is 12.0 Å². The van der Waals surface area contributed by atoms with Gasteiger partial charge in [-0.25, -0.2) is 0 Å². The maximum Gasteiger partial charge on any atom is 0.308 e. The Labute approximate surface area is 138 Å². The second-order valence-electron chi connectivity index (χ2n) is 5.97. The molecule has 1 aliphatic heterocycles. The van der Waals surface area contributed by atoms with Crippen LogP contribution in [0, 0.1) is 0 Å². The van der Waals surface area contributed by atoms with Crippen LogP contribution in [0.15, 0.2) is 36.4 Å². The van der Waals surface area contributed by atoms with Gasteiger partial charge in [0.25, 0.3) is 0 Å². The molecule has 0 aromatic heterocycles. The zero-order chi connectivity index (χ0) is 16.5. The molecule has 0 radical (unpaired) electrons. The van der Waals surface area contributed by atoms with Gasteiger partial charge >= 0.3 is 5.97 Å². The molecule has 4 nitrogen and oxygen atoms in total. The van der Waals surface area contributed by atoms with E-state index in [1.54, 1.807) is 0 Å². The largest absolute Gasteiger partial charge is 0.466 e. The lowest BCUT2D eigenvalue weighted by molar-refractivity contribution is -0.151. The molecule has 1 aromatic rings. The number of rotatable bonds is 7. The quantitative estimate of drug-likeness (QED) is 0.619. The van der Waals surface area contributed by atoms with Gasteiger partial charge in [0, 0.05) is 12.8 Å². The van der Waals surface area contributed by atoms with Crippen molar-refractivity contribution in [2.45, 2.75) is 57.3 Å². The lowest BCUT2D eigenvalue weighted by Crippen LogP contribution is -2.36. The van der Waals surface area contributed by atoms with Crippen molar-refractivity contribution in [1.82, 2.24) is 0 Å². The van der Waals surface area contributed by atoms with Gasteiger partial charge in [-0.3, -0.25) is 4.79 Å². The Morgan fingerprint density at radius 2 is 2.13 bits per heavy atom. The fourth-order valence-electron chi connectivity index (χ4n) is 2.64. The summed E-state index contributed by atoms with van der Waals surface area (Å²) in [5.41, 5.74) is 1.09. The highest BCUT2D eigenvalue weighted by atomic mass is 16.5. The first-order valence-corrected chi connectivity index (χ1v) is 8.39. The number of carbonyl (C=O) groups excluding carboxylic acids is 1. The average Bonchev–Trinajstić information content (AvgIpc) is 2.54. The van der Waals surface area contributed by atoms with Crippen LogP contribution < -0.4 is 0 Å². The molecule has 1 aliphatic rings. The van der Waals surface area contributed by atoms with Crippen LogP contribution in [0.4, 0.5) is 0 Å². The molecular formula is C19H26O4. The SMILES string of the molecule is CCCCOC(=O)C[C@H]1C[C@@H](O)C[C@@H](/C=C/c2ccccc2)O1. The van der Waals surface area contributed by atoms with Crippen molar-refractivity contribution in [2.24, 2.45) is 0 Å². The van der Waals surface area contributed by atoms with Gasteiger partial charge in [0.2, 0.25) is 0 Å². The first kappa shape index (κ1) is 17.7. The van der Waals surface area contributed by atoms with Gasteiger partial charge in [0.15, 0.2) is 0 Å². The number of esters is 1. The lowest BCUT2D eigenvalue weighted by atomic mass is 9.98. The molecule has 23 heavy (non-hydrogen) atoms. The summed E-state index contributed by atoms with van der Waals surface area (Å²) < 4.78 is 11.1. The Morgan fingerprint density at radius 3 is 2.87 bits per heavy atom. The van der Waals surface area contributed by atoms with Crippen molar-refractivity contribution < 1.29 is 19.4 Å². The van der Waals surface area contributed by atoms with Crippen molar-refractivity contribution in [3.05, 3.63) is 42.0 Å². The first-order chi connectivity index (χ1) is 11.2. The summed E-state index contributed by atoms with van der Waals surface area (Å²) in [5.74, 6) is -0.247. The average molecular weight is 318 g/mol. The smallest absolute Gasteiger partial charge is 0.308 e. The van der Waals surface area contributed by atoms with E-state index in [2.05, 4.69) is 6.92 Å². The number of carbonyl (C=O) groups is 1. The molecule has 1 fully saturated rings. The van der Waals surface area contributed by atoms with Crippen LogP contribution in [-0.2, 0) is 14.3 Å². The van der Waals surface area contributed by atoms with Crippen LogP contribution in [-0.4, -0.2) is 36.0 Å². The van der Waals surface area contributed by atoms with Crippen molar-refractivity contribution in [3.8, 4) is 0 Å². The molecule has 0 bridgehead atoms. The maximum absolute atomic E-state index is 11.8. The van der Waals surface area contributed by atoms with Crippen LogP contribution in [0.3, 0.4) is 0 Å². The van der Waals surface area contributed by atoms with Gasteiger partial charge in [0.1, 0.15) is 0 Å². The minimum Gasteiger partial charge on any atom is -0.466 e. The van der Waals surface area contributed by atoms with Crippen molar-refractivity contribution in [1.29, 1.82) is 0 Å². The normalized spacial score (nSPS) is 24.7. The lowest BCUT2D eigenvalue weighted by Gasteiger charge is -2.31. The van der Waals surface area contributed by atoms with Crippen molar-refractivity contribution in [3.63, 3.8) is 0 Å². The third-order valence-corrected chi connectivity index (χ3v) is 3.86. The van der Waals surface area contributed by atoms with Gasteiger partial charge in [-0.2, -0.15) is 0 Å². The number of unbranched alkanes of at least 4 members (excludes halogenated alkanes) is 1. The molecule has 1 aromatic carbocycles. The Balaban J connectivity index is 1.83. The summed E-state index contributed by atoms with van der Waals surface area (Å²) in [5, 5.41) is 10.0.